The largest absolute Gasteiger partial charge is 0.480 e. The molecule has 1 aromatic rings. The fourth-order valence-corrected chi connectivity index (χ4v) is 3.15. The number of amides is 1. The van der Waals surface area contributed by atoms with Crippen LogP contribution >= 0.6 is 11.8 Å². The van der Waals surface area contributed by atoms with E-state index in [1.807, 2.05) is 13.8 Å². The molecule has 1 amide bonds. The van der Waals surface area contributed by atoms with Gasteiger partial charge in [0.2, 0.25) is 5.91 Å². The maximum Gasteiger partial charge on any atom is 0.323 e. The van der Waals surface area contributed by atoms with Gasteiger partial charge in [-0.05, 0) is 32.6 Å². The summed E-state index contributed by atoms with van der Waals surface area (Å²) in [6, 6.07) is 0. The zero-order valence-electron chi connectivity index (χ0n) is 12.3. The smallest absolute Gasteiger partial charge is 0.323 e. The third-order valence-electron chi connectivity index (χ3n) is 3.51. The highest BCUT2D eigenvalue weighted by Gasteiger charge is 2.27. The molecule has 1 aliphatic rings. The van der Waals surface area contributed by atoms with Crippen molar-refractivity contribution in [2.45, 2.75) is 32.4 Å². The van der Waals surface area contributed by atoms with Gasteiger partial charge in [0.1, 0.15) is 12.3 Å². The number of aliphatic carboxylic acids is 1. The minimum absolute atomic E-state index is 0.110. The summed E-state index contributed by atoms with van der Waals surface area (Å²) in [6.45, 7) is 4.08. The van der Waals surface area contributed by atoms with Crippen molar-refractivity contribution in [3.63, 3.8) is 0 Å². The van der Waals surface area contributed by atoms with Crippen LogP contribution in [0.1, 0.15) is 29.9 Å². The van der Waals surface area contributed by atoms with Crippen LogP contribution in [0.5, 0.6) is 0 Å². The molecule has 0 radical (unpaired) electrons. The van der Waals surface area contributed by atoms with Crippen LogP contribution in [0.2, 0.25) is 0 Å². The number of hydrogen-bond acceptors (Lipinski definition) is 5. The monoisotopic (exact) mass is 312 g/mol. The highest BCUT2D eigenvalue weighted by molar-refractivity contribution is 7.99. The molecule has 0 bridgehead atoms. The molecule has 0 aromatic carbocycles. The highest BCUT2D eigenvalue weighted by Crippen LogP contribution is 2.30. The Hall–Kier alpha value is -1.50. The number of carbonyl (C=O) groups excluding carboxylic acids is 1. The molecule has 0 aliphatic heterocycles. The van der Waals surface area contributed by atoms with Crippen molar-refractivity contribution in [1.29, 1.82) is 0 Å². The maximum atomic E-state index is 12.1. The molecule has 1 aromatic heterocycles. The van der Waals surface area contributed by atoms with Crippen LogP contribution in [0.4, 0.5) is 0 Å². The van der Waals surface area contributed by atoms with Gasteiger partial charge in [-0.1, -0.05) is 5.16 Å². The second-order valence-electron chi connectivity index (χ2n) is 5.41. The Morgan fingerprint density at radius 3 is 2.67 bits per heavy atom. The van der Waals surface area contributed by atoms with E-state index in [1.54, 1.807) is 0 Å². The molecule has 21 heavy (non-hydrogen) atoms. The first-order valence-corrected chi connectivity index (χ1v) is 8.12. The molecule has 0 spiro atoms. The molecule has 0 unspecified atom stereocenters. The Balaban J connectivity index is 1.82. The molecule has 1 N–H and O–H groups in total. The predicted molar refractivity (Wildman–Crippen MR) is 79.1 cm³/mol. The van der Waals surface area contributed by atoms with Crippen molar-refractivity contribution in [3.05, 3.63) is 17.0 Å². The van der Waals surface area contributed by atoms with Crippen LogP contribution in [0, 0.1) is 19.8 Å². The van der Waals surface area contributed by atoms with Crippen molar-refractivity contribution in [3.8, 4) is 0 Å². The Kier molecular flexibility index (Phi) is 5.27. The molecule has 0 saturated heterocycles. The number of carboxylic acids is 1. The van der Waals surface area contributed by atoms with E-state index in [0.717, 1.165) is 29.9 Å². The molecule has 0 atom stereocenters. The first-order chi connectivity index (χ1) is 9.97. The number of nitrogens with zero attached hydrogens (tertiary/aromatic N) is 2. The fraction of sp³-hybridized carbons (Fsp3) is 0.643. The minimum atomic E-state index is -0.959. The lowest BCUT2D eigenvalue weighted by Crippen LogP contribution is -2.38. The van der Waals surface area contributed by atoms with Crippen molar-refractivity contribution in [1.82, 2.24) is 10.1 Å². The summed E-state index contributed by atoms with van der Waals surface area (Å²) in [4.78, 5) is 24.4. The summed E-state index contributed by atoms with van der Waals surface area (Å²) < 4.78 is 5.08. The van der Waals surface area contributed by atoms with Crippen LogP contribution in [-0.2, 0) is 15.3 Å². The zero-order chi connectivity index (χ0) is 15.4. The second kappa shape index (κ2) is 6.98. The van der Waals surface area contributed by atoms with Gasteiger partial charge >= 0.3 is 5.97 Å². The minimum Gasteiger partial charge on any atom is -0.480 e. The summed E-state index contributed by atoms with van der Waals surface area (Å²) in [5.74, 6) is 1.12. The maximum absolute atomic E-state index is 12.1. The second-order valence-corrected chi connectivity index (χ2v) is 6.39. The SMILES string of the molecule is Cc1noc(C)c1CSCC(=O)N(CC(=O)O)CC1CC1. The van der Waals surface area contributed by atoms with E-state index >= 15 is 0 Å². The van der Waals surface area contributed by atoms with Crippen LogP contribution in [0.15, 0.2) is 4.52 Å². The number of carboxylic acid groups (broad SMARTS) is 1. The van der Waals surface area contributed by atoms with Crippen molar-refractivity contribution in [2.75, 3.05) is 18.8 Å². The van der Waals surface area contributed by atoms with E-state index in [0.29, 0.717) is 18.2 Å². The summed E-state index contributed by atoms with van der Waals surface area (Å²) in [5.41, 5.74) is 1.85. The summed E-state index contributed by atoms with van der Waals surface area (Å²) in [5, 5.41) is 12.8. The topological polar surface area (TPSA) is 83.6 Å². The normalized spacial score (nSPS) is 14.2. The quantitative estimate of drug-likeness (QED) is 0.788. The number of aromatic nitrogens is 1. The average molecular weight is 312 g/mol. The third kappa shape index (κ3) is 4.77. The fourth-order valence-electron chi connectivity index (χ4n) is 2.07. The highest BCUT2D eigenvalue weighted by atomic mass is 32.2. The molecule has 1 heterocycles. The molecule has 1 saturated carbocycles. The van der Waals surface area contributed by atoms with Crippen molar-refractivity contribution in [2.24, 2.45) is 5.92 Å². The van der Waals surface area contributed by atoms with Gasteiger partial charge in [-0.25, -0.2) is 0 Å². The Labute approximate surface area is 127 Å². The summed E-state index contributed by atoms with van der Waals surface area (Å²) >= 11 is 1.47. The Morgan fingerprint density at radius 2 is 2.14 bits per heavy atom. The van der Waals surface area contributed by atoms with E-state index in [2.05, 4.69) is 5.16 Å². The van der Waals surface area contributed by atoms with E-state index in [1.165, 1.54) is 16.7 Å². The molecule has 7 heteroatoms. The molecular weight excluding hydrogens is 292 g/mol. The lowest BCUT2D eigenvalue weighted by molar-refractivity contribution is -0.143. The Bertz CT molecular complexity index is 506. The van der Waals surface area contributed by atoms with Gasteiger partial charge in [-0.15, -0.1) is 11.8 Å². The van der Waals surface area contributed by atoms with Gasteiger partial charge in [0, 0.05) is 17.9 Å². The molecule has 1 aliphatic carbocycles. The molecule has 1 fully saturated rings. The van der Waals surface area contributed by atoms with Crippen LogP contribution in [-0.4, -0.2) is 45.9 Å². The van der Waals surface area contributed by atoms with E-state index < -0.39 is 5.97 Å². The standard InChI is InChI=1S/C14H20N2O4S/c1-9-12(10(2)20-15-9)7-21-8-13(17)16(6-14(18)19)5-11-3-4-11/h11H,3-8H2,1-2H3,(H,18,19). The third-order valence-corrected chi connectivity index (χ3v) is 4.45. The number of rotatable bonds is 8. The number of aryl methyl sites for hydroxylation is 2. The zero-order valence-corrected chi connectivity index (χ0v) is 13.1. The van der Waals surface area contributed by atoms with Crippen molar-refractivity contribution >= 4 is 23.6 Å². The summed E-state index contributed by atoms with van der Waals surface area (Å²) in [7, 11) is 0. The van der Waals surface area contributed by atoms with Gasteiger partial charge in [-0.3, -0.25) is 9.59 Å². The van der Waals surface area contributed by atoms with E-state index in [-0.39, 0.29) is 18.2 Å². The van der Waals surface area contributed by atoms with Crippen LogP contribution in [0.3, 0.4) is 0 Å². The van der Waals surface area contributed by atoms with Crippen LogP contribution in [0.25, 0.3) is 0 Å². The molecule has 6 nitrogen and oxygen atoms in total. The van der Waals surface area contributed by atoms with Crippen LogP contribution < -0.4 is 0 Å². The van der Waals surface area contributed by atoms with E-state index in [4.69, 9.17) is 9.63 Å². The predicted octanol–water partition coefficient (Wildman–Crippen LogP) is 1.85. The lowest BCUT2D eigenvalue weighted by Gasteiger charge is -2.20. The number of carbonyl (C=O) groups is 2. The van der Waals surface area contributed by atoms with Gasteiger partial charge < -0.3 is 14.5 Å². The van der Waals surface area contributed by atoms with Crippen molar-refractivity contribution < 1.29 is 19.2 Å². The van der Waals surface area contributed by atoms with E-state index in [9.17, 15) is 9.59 Å². The first kappa shape index (κ1) is 15.9. The van der Waals surface area contributed by atoms with Gasteiger partial charge in [0.15, 0.2) is 0 Å². The van der Waals surface area contributed by atoms with Gasteiger partial charge in [0.25, 0.3) is 0 Å². The van der Waals surface area contributed by atoms with Gasteiger partial charge in [0.05, 0.1) is 11.4 Å². The van der Waals surface area contributed by atoms with Gasteiger partial charge in [-0.2, -0.15) is 0 Å². The Morgan fingerprint density at radius 1 is 1.43 bits per heavy atom. The first-order valence-electron chi connectivity index (χ1n) is 6.96. The molecule has 116 valence electrons. The number of hydrogen-bond donors (Lipinski definition) is 1. The summed E-state index contributed by atoms with van der Waals surface area (Å²) in [6.07, 6.45) is 2.19. The lowest BCUT2D eigenvalue weighted by atomic mass is 10.2. The molecule has 2 rings (SSSR count). The molecular formula is C14H20N2O4S. The number of thioether (sulfide) groups is 1. The average Bonchev–Trinajstić information content (AvgIpc) is 3.17.